The van der Waals surface area contributed by atoms with Crippen LogP contribution in [0.5, 0.6) is 0 Å². The van der Waals surface area contributed by atoms with Gasteiger partial charge in [0.15, 0.2) is 0 Å². The van der Waals surface area contributed by atoms with Crippen molar-refractivity contribution in [2.45, 2.75) is 13.0 Å². The lowest BCUT2D eigenvalue weighted by Crippen LogP contribution is -2.21. The van der Waals surface area contributed by atoms with Crippen LogP contribution >= 0.6 is 0 Å². The maximum atomic E-state index is 11.9. The number of carbonyl (C=O) groups is 2. The summed E-state index contributed by atoms with van der Waals surface area (Å²) >= 11 is 0. The van der Waals surface area contributed by atoms with Gasteiger partial charge in [0, 0.05) is 7.11 Å². The van der Waals surface area contributed by atoms with Crippen molar-refractivity contribution in [1.82, 2.24) is 0 Å². The zero-order valence-corrected chi connectivity index (χ0v) is 13.8. The fourth-order valence-corrected chi connectivity index (χ4v) is 2.03. The molecular weight excluding hydrogens is 328 g/mol. The molecule has 0 radical (unpaired) electrons. The zero-order valence-electron chi connectivity index (χ0n) is 13.8. The zero-order chi connectivity index (χ0) is 18.1. The molecule has 0 aliphatic carbocycles. The van der Waals surface area contributed by atoms with Crippen molar-refractivity contribution >= 4 is 12.1 Å². The van der Waals surface area contributed by atoms with Gasteiger partial charge in [-0.15, -0.1) is 0 Å². The van der Waals surface area contributed by atoms with Crippen LogP contribution in [-0.4, -0.2) is 31.9 Å². The summed E-state index contributed by atoms with van der Waals surface area (Å²) in [6.45, 7) is 1.80. The minimum Gasteiger partial charge on any atom is -0.427 e. The highest BCUT2D eigenvalue weighted by atomic mass is 17.5. The number of hydrogen-bond donors (Lipinski definition) is 0. The van der Waals surface area contributed by atoms with Gasteiger partial charge < -0.3 is 9.47 Å². The van der Waals surface area contributed by atoms with E-state index in [1.807, 2.05) is 36.4 Å². The van der Waals surface area contributed by atoms with Crippen LogP contribution in [0.4, 0.5) is 4.79 Å². The Morgan fingerprint density at radius 2 is 1.68 bits per heavy atom. The topological polar surface area (TPSA) is 80.3 Å². The second-order valence-electron chi connectivity index (χ2n) is 5.10. The highest BCUT2D eigenvalue weighted by Crippen LogP contribution is 2.20. The predicted octanol–water partition coefficient (Wildman–Crippen LogP) is 3.55. The lowest BCUT2D eigenvalue weighted by atomic mass is 10.0. The van der Waals surface area contributed by atoms with Gasteiger partial charge >= 0.3 is 12.1 Å². The van der Waals surface area contributed by atoms with E-state index < -0.39 is 18.2 Å². The highest BCUT2D eigenvalue weighted by molar-refractivity contribution is 5.90. The minimum absolute atomic E-state index is 0.196. The largest absolute Gasteiger partial charge is 0.543 e. The third kappa shape index (κ3) is 5.91. The van der Waals surface area contributed by atoms with E-state index in [-0.39, 0.29) is 12.2 Å². The Morgan fingerprint density at radius 1 is 0.960 bits per heavy atom. The molecule has 0 saturated heterocycles. The second-order valence-corrected chi connectivity index (χ2v) is 5.10. The van der Waals surface area contributed by atoms with Crippen molar-refractivity contribution in [3.63, 3.8) is 0 Å². The lowest BCUT2D eigenvalue weighted by Gasteiger charge is -2.10. The first kappa shape index (κ1) is 18.4. The number of benzene rings is 2. The van der Waals surface area contributed by atoms with E-state index in [2.05, 4.69) is 14.8 Å². The van der Waals surface area contributed by atoms with Crippen LogP contribution in [0, 0.1) is 0 Å². The molecule has 0 bridgehead atoms. The first-order valence-corrected chi connectivity index (χ1v) is 7.50. The Labute approximate surface area is 144 Å². The van der Waals surface area contributed by atoms with Crippen molar-refractivity contribution in [3.8, 4) is 11.1 Å². The molecular formula is C18H18O7. The van der Waals surface area contributed by atoms with Crippen LogP contribution in [0.2, 0.25) is 0 Å². The summed E-state index contributed by atoms with van der Waals surface area (Å²) in [5.41, 5.74) is 2.03. The van der Waals surface area contributed by atoms with Crippen LogP contribution in [-0.2, 0) is 24.3 Å². The molecule has 7 nitrogen and oxygen atoms in total. The van der Waals surface area contributed by atoms with Gasteiger partial charge in [0.25, 0.3) is 0 Å². The van der Waals surface area contributed by atoms with Crippen molar-refractivity contribution in [2.24, 2.45) is 0 Å². The van der Waals surface area contributed by atoms with E-state index in [1.165, 1.54) is 7.11 Å². The maximum absolute atomic E-state index is 11.9. The minimum atomic E-state index is -1.14. The molecule has 0 spiro atoms. The number of methoxy groups -OCH3 is 1. The van der Waals surface area contributed by atoms with Crippen molar-refractivity contribution < 1.29 is 33.9 Å². The van der Waals surface area contributed by atoms with Gasteiger partial charge in [-0.2, -0.15) is 0 Å². The Bertz CT molecular complexity index is 700. The lowest BCUT2D eigenvalue weighted by molar-refractivity contribution is -0.453. The predicted molar refractivity (Wildman–Crippen MR) is 87.3 cm³/mol. The molecule has 2 aromatic rings. The van der Waals surface area contributed by atoms with Crippen LogP contribution < -0.4 is 0 Å². The number of hydrogen-bond acceptors (Lipinski definition) is 7. The second kappa shape index (κ2) is 9.41. The fraction of sp³-hybridized carbons (Fsp3) is 0.222. The molecule has 2 rings (SSSR count). The van der Waals surface area contributed by atoms with Gasteiger partial charge in [-0.3, -0.25) is 4.89 Å². The van der Waals surface area contributed by atoms with Crippen molar-refractivity contribution in [3.05, 3.63) is 60.2 Å². The summed E-state index contributed by atoms with van der Waals surface area (Å²) in [6.07, 6.45) is -1.67. The molecule has 0 amide bonds. The van der Waals surface area contributed by atoms with E-state index in [1.54, 1.807) is 25.1 Å². The average molecular weight is 346 g/mol. The third-order valence-electron chi connectivity index (χ3n) is 3.12. The van der Waals surface area contributed by atoms with Crippen LogP contribution in [0.1, 0.15) is 17.3 Å². The van der Waals surface area contributed by atoms with E-state index in [4.69, 9.17) is 9.47 Å². The molecule has 1 atom stereocenters. The highest BCUT2D eigenvalue weighted by Gasteiger charge is 2.15. The molecule has 0 aliphatic rings. The summed E-state index contributed by atoms with van der Waals surface area (Å²) < 4.78 is 9.55. The van der Waals surface area contributed by atoms with Gasteiger partial charge in [-0.25, -0.2) is 14.5 Å². The van der Waals surface area contributed by atoms with Gasteiger partial charge in [0.05, 0.1) is 17.2 Å². The van der Waals surface area contributed by atoms with Crippen molar-refractivity contribution in [2.75, 3.05) is 13.7 Å². The third-order valence-corrected chi connectivity index (χ3v) is 3.12. The van der Waals surface area contributed by atoms with E-state index in [9.17, 15) is 9.59 Å². The molecule has 0 aromatic heterocycles. The SMILES string of the molecule is COCC(C)OC(=O)OOOC(=O)c1cccc(-c2ccccc2)c1. The maximum Gasteiger partial charge on any atom is 0.543 e. The summed E-state index contributed by atoms with van der Waals surface area (Å²) in [5.74, 6) is -0.810. The van der Waals surface area contributed by atoms with Crippen LogP contribution in [0.3, 0.4) is 0 Å². The normalized spacial score (nSPS) is 11.4. The number of ether oxygens (including phenoxy) is 2. The van der Waals surface area contributed by atoms with Crippen LogP contribution in [0.15, 0.2) is 54.6 Å². The Balaban J connectivity index is 1.86. The van der Waals surface area contributed by atoms with Gasteiger partial charge in [0.1, 0.15) is 6.10 Å². The summed E-state index contributed by atoms with van der Waals surface area (Å²) in [7, 11) is 1.47. The molecule has 1 unspecified atom stereocenters. The Kier molecular flexibility index (Phi) is 6.94. The van der Waals surface area contributed by atoms with E-state index >= 15 is 0 Å². The van der Waals surface area contributed by atoms with Gasteiger partial charge in [-0.05, 0) is 30.2 Å². The first-order valence-electron chi connectivity index (χ1n) is 7.50. The molecule has 25 heavy (non-hydrogen) atoms. The van der Waals surface area contributed by atoms with E-state index in [0.717, 1.165) is 11.1 Å². The monoisotopic (exact) mass is 346 g/mol. The number of carbonyl (C=O) groups excluding carboxylic acids is 2. The molecule has 0 saturated carbocycles. The molecule has 0 fully saturated rings. The average Bonchev–Trinajstić information content (AvgIpc) is 2.62. The summed E-state index contributed by atoms with van der Waals surface area (Å²) in [5, 5.41) is 4.17. The molecule has 0 aliphatic heterocycles. The smallest absolute Gasteiger partial charge is 0.427 e. The van der Waals surface area contributed by atoms with Crippen LogP contribution in [0.25, 0.3) is 11.1 Å². The number of rotatable bonds is 7. The molecule has 0 heterocycles. The summed E-state index contributed by atoms with van der Waals surface area (Å²) in [4.78, 5) is 31.8. The van der Waals surface area contributed by atoms with Gasteiger partial charge in [-0.1, -0.05) is 42.5 Å². The Morgan fingerprint density at radius 3 is 2.40 bits per heavy atom. The Hall–Kier alpha value is -2.90. The summed E-state index contributed by atoms with van der Waals surface area (Å²) in [6, 6.07) is 16.3. The first-order chi connectivity index (χ1) is 12.1. The van der Waals surface area contributed by atoms with E-state index in [0.29, 0.717) is 0 Å². The molecule has 0 N–H and O–H groups in total. The van der Waals surface area contributed by atoms with Gasteiger partial charge in [0.2, 0.25) is 0 Å². The molecule has 132 valence electrons. The van der Waals surface area contributed by atoms with Crippen molar-refractivity contribution in [1.29, 1.82) is 0 Å². The standard InChI is InChI=1S/C18H18O7/c1-13(12-21-2)22-18(20)24-25-23-17(19)16-10-6-9-15(11-16)14-7-4-3-5-8-14/h3-11,13H,12H2,1-2H3. The molecule has 7 heteroatoms. The quantitative estimate of drug-likeness (QED) is 0.431. The molecule has 2 aromatic carbocycles. The fourth-order valence-electron chi connectivity index (χ4n) is 2.03.